The number of sulfonamides is 1. The Labute approximate surface area is 160 Å². The molecule has 1 saturated heterocycles. The van der Waals surface area contributed by atoms with Crippen LogP contribution in [0.2, 0.25) is 0 Å². The van der Waals surface area contributed by atoms with Crippen LogP contribution in [-0.2, 0) is 16.4 Å². The number of nitrogens with one attached hydrogen (secondary N) is 1. The predicted molar refractivity (Wildman–Crippen MR) is 104 cm³/mol. The number of carbonyl (C=O) groups is 1. The Morgan fingerprint density at radius 1 is 1.11 bits per heavy atom. The summed E-state index contributed by atoms with van der Waals surface area (Å²) in [5.74, 6) is 0.550. The number of nitrogens with zero attached hydrogens (tertiary/aromatic N) is 1. The van der Waals surface area contributed by atoms with Gasteiger partial charge in [0, 0.05) is 25.2 Å². The number of benzene rings is 1. The summed E-state index contributed by atoms with van der Waals surface area (Å²) < 4.78 is 33.2. The summed E-state index contributed by atoms with van der Waals surface area (Å²) in [4.78, 5) is 12.6. The number of hydrogen-bond donors (Lipinski definition) is 1. The molecule has 27 heavy (non-hydrogen) atoms. The van der Waals surface area contributed by atoms with Crippen molar-refractivity contribution >= 4 is 21.6 Å². The topological polar surface area (TPSA) is 79.6 Å². The van der Waals surface area contributed by atoms with Crippen molar-refractivity contribution in [3.8, 4) is 0 Å². The SMILES string of the molecule is CCc1ccc(C(=O)Nc2ccc(C)c(S(=O)(=O)N3CCCCCC3)c2)o1. The highest BCUT2D eigenvalue weighted by molar-refractivity contribution is 7.89. The Bertz CT molecular complexity index is 910. The van der Waals surface area contributed by atoms with Crippen molar-refractivity contribution in [1.82, 2.24) is 4.31 Å². The summed E-state index contributed by atoms with van der Waals surface area (Å²) in [5, 5.41) is 2.73. The van der Waals surface area contributed by atoms with Crippen LogP contribution in [0.1, 0.15) is 54.5 Å². The number of amides is 1. The first-order valence-electron chi connectivity index (χ1n) is 9.42. The Hall–Kier alpha value is -2.12. The monoisotopic (exact) mass is 390 g/mol. The average molecular weight is 391 g/mol. The van der Waals surface area contributed by atoms with Gasteiger partial charge in [-0.1, -0.05) is 25.8 Å². The minimum absolute atomic E-state index is 0.212. The van der Waals surface area contributed by atoms with Gasteiger partial charge in [0.15, 0.2) is 5.76 Å². The van der Waals surface area contributed by atoms with Crippen LogP contribution >= 0.6 is 0 Å². The van der Waals surface area contributed by atoms with Crippen LogP contribution in [-0.4, -0.2) is 31.7 Å². The lowest BCUT2D eigenvalue weighted by Crippen LogP contribution is -2.32. The molecule has 1 N–H and O–H groups in total. The van der Waals surface area contributed by atoms with Crippen LogP contribution < -0.4 is 5.32 Å². The first-order valence-corrected chi connectivity index (χ1v) is 10.9. The zero-order chi connectivity index (χ0) is 19.4. The molecule has 7 heteroatoms. The maximum absolute atomic E-state index is 13.1. The van der Waals surface area contributed by atoms with E-state index in [1.54, 1.807) is 35.5 Å². The fourth-order valence-corrected chi connectivity index (χ4v) is 5.03. The molecular weight excluding hydrogens is 364 g/mol. The van der Waals surface area contributed by atoms with E-state index >= 15 is 0 Å². The second-order valence-corrected chi connectivity index (χ2v) is 8.78. The van der Waals surface area contributed by atoms with Gasteiger partial charge < -0.3 is 9.73 Å². The van der Waals surface area contributed by atoms with Gasteiger partial charge >= 0.3 is 0 Å². The largest absolute Gasteiger partial charge is 0.456 e. The zero-order valence-corrected chi connectivity index (χ0v) is 16.6. The van der Waals surface area contributed by atoms with Crippen molar-refractivity contribution in [2.24, 2.45) is 0 Å². The Morgan fingerprint density at radius 2 is 1.81 bits per heavy atom. The highest BCUT2D eigenvalue weighted by atomic mass is 32.2. The summed E-state index contributed by atoms with van der Waals surface area (Å²) >= 11 is 0. The summed E-state index contributed by atoms with van der Waals surface area (Å²) in [7, 11) is -3.58. The van der Waals surface area contributed by atoms with Crippen LogP contribution in [0, 0.1) is 6.92 Å². The zero-order valence-electron chi connectivity index (χ0n) is 15.8. The molecule has 2 aromatic rings. The molecule has 2 heterocycles. The molecule has 1 aromatic heterocycles. The summed E-state index contributed by atoms with van der Waals surface area (Å²) in [5.41, 5.74) is 1.11. The summed E-state index contributed by atoms with van der Waals surface area (Å²) in [6, 6.07) is 8.35. The molecule has 6 nitrogen and oxygen atoms in total. The third kappa shape index (κ3) is 4.42. The molecule has 0 bridgehead atoms. The van der Waals surface area contributed by atoms with E-state index in [1.165, 1.54) is 6.07 Å². The Kier molecular flexibility index (Phi) is 6.01. The number of aryl methyl sites for hydroxylation is 2. The number of furan rings is 1. The minimum atomic E-state index is -3.58. The Morgan fingerprint density at radius 3 is 2.44 bits per heavy atom. The Balaban J connectivity index is 1.84. The average Bonchev–Trinajstić information content (AvgIpc) is 2.96. The van der Waals surface area contributed by atoms with Gasteiger partial charge in [-0.05, 0) is 49.6 Å². The molecule has 1 aromatic carbocycles. The van der Waals surface area contributed by atoms with Gasteiger partial charge in [-0.15, -0.1) is 0 Å². The van der Waals surface area contributed by atoms with Gasteiger partial charge in [-0.2, -0.15) is 4.31 Å². The quantitative estimate of drug-likeness (QED) is 0.838. The molecular formula is C20H26N2O4S. The highest BCUT2D eigenvalue weighted by Crippen LogP contribution is 2.26. The fourth-order valence-electron chi connectivity index (χ4n) is 3.26. The van der Waals surface area contributed by atoms with Crippen LogP contribution in [0.3, 0.4) is 0 Å². The van der Waals surface area contributed by atoms with Gasteiger partial charge in [-0.25, -0.2) is 8.42 Å². The van der Waals surface area contributed by atoms with Gasteiger partial charge in [0.25, 0.3) is 5.91 Å². The first kappa shape index (κ1) is 19.6. The molecule has 146 valence electrons. The standard InChI is InChI=1S/C20H26N2O4S/c1-3-17-10-11-18(26-17)20(23)21-16-9-8-15(2)19(14-16)27(24,25)22-12-6-4-5-7-13-22/h8-11,14H,3-7,12-13H2,1-2H3,(H,21,23). The number of rotatable bonds is 5. The lowest BCUT2D eigenvalue weighted by Gasteiger charge is -2.21. The van der Waals surface area contributed by atoms with Gasteiger partial charge in [0.1, 0.15) is 5.76 Å². The summed E-state index contributed by atoms with van der Waals surface area (Å²) in [6.07, 6.45) is 4.59. The van der Waals surface area contributed by atoms with Crippen LogP contribution in [0.15, 0.2) is 39.6 Å². The predicted octanol–water partition coefficient (Wildman–Crippen LogP) is 3.97. The molecule has 1 aliphatic heterocycles. The third-order valence-corrected chi connectivity index (χ3v) is 6.90. The van der Waals surface area contributed by atoms with E-state index in [1.807, 2.05) is 6.92 Å². The molecule has 0 aliphatic carbocycles. The maximum atomic E-state index is 13.1. The molecule has 1 aliphatic rings. The molecule has 3 rings (SSSR count). The van der Waals surface area contributed by atoms with Gasteiger partial charge in [-0.3, -0.25) is 4.79 Å². The molecule has 1 fully saturated rings. The van der Waals surface area contributed by atoms with Crippen molar-refractivity contribution in [2.45, 2.75) is 50.8 Å². The van der Waals surface area contributed by atoms with Crippen molar-refractivity contribution in [3.05, 3.63) is 47.4 Å². The van der Waals surface area contributed by atoms with Crippen LogP contribution in [0.25, 0.3) is 0 Å². The smallest absolute Gasteiger partial charge is 0.291 e. The molecule has 0 spiro atoms. The normalized spacial score (nSPS) is 16.1. The lowest BCUT2D eigenvalue weighted by molar-refractivity contribution is 0.0995. The van der Waals surface area contributed by atoms with Crippen molar-refractivity contribution < 1.29 is 17.6 Å². The van der Waals surface area contributed by atoms with E-state index in [9.17, 15) is 13.2 Å². The molecule has 0 atom stereocenters. The van der Waals surface area contributed by atoms with E-state index in [0.29, 0.717) is 30.8 Å². The van der Waals surface area contributed by atoms with Gasteiger partial charge in [0.2, 0.25) is 10.0 Å². The summed E-state index contributed by atoms with van der Waals surface area (Å²) in [6.45, 7) is 4.81. The van der Waals surface area contributed by atoms with Crippen molar-refractivity contribution in [1.29, 1.82) is 0 Å². The van der Waals surface area contributed by atoms with E-state index in [0.717, 1.165) is 31.4 Å². The first-order chi connectivity index (χ1) is 12.9. The fraction of sp³-hybridized carbons (Fsp3) is 0.450. The maximum Gasteiger partial charge on any atom is 0.291 e. The van der Waals surface area contributed by atoms with Crippen molar-refractivity contribution in [3.63, 3.8) is 0 Å². The van der Waals surface area contributed by atoms with E-state index in [4.69, 9.17) is 4.42 Å². The number of anilines is 1. The molecule has 0 radical (unpaired) electrons. The highest BCUT2D eigenvalue weighted by Gasteiger charge is 2.27. The van der Waals surface area contributed by atoms with E-state index < -0.39 is 15.9 Å². The third-order valence-electron chi connectivity index (χ3n) is 4.86. The minimum Gasteiger partial charge on any atom is -0.456 e. The van der Waals surface area contributed by atoms with Crippen molar-refractivity contribution in [2.75, 3.05) is 18.4 Å². The molecule has 1 amide bonds. The lowest BCUT2D eigenvalue weighted by atomic mass is 10.2. The number of hydrogen-bond acceptors (Lipinski definition) is 4. The molecule has 0 unspecified atom stereocenters. The second kappa shape index (κ2) is 8.27. The second-order valence-electron chi connectivity index (χ2n) is 6.87. The van der Waals surface area contributed by atoms with Crippen LogP contribution in [0.5, 0.6) is 0 Å². The van der Waals surface area contributed by atoms with Crippen LogP contribution in [0.4, 0.5) is 5.69 Å². The van der Waals surface area contributed by atoms with E-state index in [-0.39, 0.29) is 10.7 Å². The van der Waals surface area contributed by atoms with Gasteiger partial charge in [0.05, 0.1) is 4.90 Å². The van der Waals surface area contributed by atoms with E-state index in [2.05, 4.69) is 5.32 Å². The number of carbonyl (C=O) groups excluding carboxylic acids is 1. The molecule has 0 saturated carbocycles.